The highest BCUT2D eigenvalue weighted by molar-refractivity contribution is 6.33. The molecule has 0 spiro atoms. The molecule has 0 aromatic heterocycles. The highest BCUT2D eigenvalue weighted by Gasteiger charge is 2.16. The van der Waals surface area contributed by atoms with Gasteiger partial charge in [0.1, 0.15) is 6.10 Å². The summed E-state index contributed by atoms with van der Waals surface area (Å²) in [6, 6.07) is 4.76. The van der Waals surface area contributed by atoms with Gasteiger partial charge in [-0.15, -0.1) is 0 Å². The topological polar surface area (TPSA) is 40.5 Å². The molecule has 0 saturated carbocycles. The van der Waals surface area contributed by atoms with Crippen LogP contribution in [0, 0.1) is 0 Å². The molecule has 2 atom stereocenters. The van der Waals surface area contributed by atoms with E-state index in [1.54, 1.807) is 18.2 Å². The second-order valence-corrected chi connectivity index (χ2v) is 3.69. The van der Waals surface area contributed by atoms with Gasteiger partial charge in [0.15, 0.2) is 0 Å². The summed E-state index contributed by atoms with van der Waals surface area (Å²) in [6.07, 6.45) is -1.86. The molecule has 1 aromatic carbocycles. The van der Waals surface area contributed by atoms with Crippen molar-refractivity contribution < 1.29 is 10.2 Å². The summed E-state index contributed by atoms with van der Waals surface area (Å²) in [4.78, 5) is 0. The van der Waals surface area contributed by atoms with Crippen LogP contribution < -0.4 is 0 Å². The van der Waals surface area contributed by atoms with Crippen LogP contribution in [0.2, 0.25) is 10.0 Å². The van der Waals surface area contributed by atoms with E-state index in [9.17, 15) is 5.11 Å². The van der Waals surface area contributed by atoms with Crippen molar-refractivity contribution in [3.05, 3.63) is 33.8 Å². The molecule has 0 heterocycles. The lowest BCUT2D eigenvalue weighted by Gasteiger charge is -2.15. The number of aliphatic hydroxyl groups excluding tert-OH is 2. The van der Waals surface area contributed by atoms with Crippen molar-refractivity contribution in [1.82, 2.24) is 0 Å². The fraction of sp³-hybridized carbons (Fsp3) is 0.333. The van der Waals surface area contributed by atoms with Crippen molar-refractivity contribution >= 4 is 23.2 Å². The van der Waals surface area contributed by atoms with Gasteiger partial charge < -0.3 is 10.2 Å². The molecule has 4 heteroatoms. The summed E-state index contributed by atoms with van der Waals surface area (Å²) < 4.78 is 0. The molecule has 0 aliphatic heterocycles. The van der Waals surface area contributed by atoms with Gasteiger partial charge in [0, 0.05) is 15.6 Å². The Morgan fingerprint density at radius 1 is 1.23 bits per heavy atom. The van der Waals surface area contributed by atoms with Crippen molar-refractivity contribution in [2.45, 2.75) is 19.1 Å². The van der Waals surface area contributed by atoms with Gasteiger partial charge in [-0.1, -0.05) is 23.2 Å². The Balaban J connectivity index is 3.05. The van der Waals surface area contributed by atoms with Crippen LogP contribution in [-0.4, -0.2) is 16.3 Å². The van der Waals surface area contributed by atoms with E-state index in [1.807, 2.05) is 0 Å². The molecule has 72 valence electrons. The van der Waals surface area contributed by atoms with E-state index < -0.39 is 12.2 Å². The molecule has 1 unspecified atom stereocenters. The van der Waals surface area contributed by atoms with Crippen LogP contribution >= 0.6 is 23.2 Å². The molecule has 1 rings (SSSR count). The summed E-state index contributed by atoms with van der Waals surface area (Å²) in [5.41, 5.74) is 0.448. The zero-order chi connectivity index (χ0) is 10.0. The SMILES string of the molecule is CC(O)[C@H](O)c1cc(Cl)ccc1Cl. The van der Waals surface area contributed by atoms with E-state index in [1.165, 1.54) is 6.92 Å². The smallest absolute Gasteiger partial charge is 0.106 e. The van der Waals surface area contributed by atoms with Crippen LogP contribution in [0.15, 0.2) is 18.2 Å². The fourth-order valence-corrected chi connectivity index (χ4v) is 1.41. The lowest BCUT2D eigenvalue weighted by molar-refractivity contribution is 0.0306. The largest absolute Gasteiger partial charge is 0.390 e. The molecule has 2 N–H and O–H groups in total. The van der Waals surface area contributed by atoms with Gasteiger partial charge in [0.05, 0.1) is 6.10 Å². The Labute approximate surface area is 86.7 Å². The summed E-state index contributed by atoms with van der Waals surface area (Å²) >= 11 is 11.5. The lowest BCUT2D eigenvalue weighted by atomic mass is 10.1. The maximum absolute atomic E-state index is 9.51. The van der Waals surface area contributed by atoms with Gasteiger partial charge in [-0.25, -0.2) is 0 Å². The third-order valence-corrected chi connectivity index (χ3v) is 2.31. The molecule has 0 amide bonds. The second kappa shape index (κ2) is 4.29. The molecule has 13 heavy (non-hydrogen) atoms. The monoisotopic (exact) mass is 220 g/mol. The number of rotatable bonds is 2. The van der Waals surface area contributed by atoms with Crippen LogP contribution in [0.3, 0.4) is 0 Å². The van der Waals surface area contributed by atoms with Crippen LogP contribution in [0.4, 0.5) is 0 Å². The predicted molar refractivity (Wildman–Crippen MR) is 53.1 cm³/mol. The van der Waals surface area contributed by atoms with Crippen LogP contribution in [0.5, 0.6) is 0 Å². The maximum Gasteiger partial charge on any atom is 0.106 e. The van der Waals surface area contributed by atoms with Crippen molar-refractivity contribution in [2.75, 3.05) is 0 Å². The minimum atomic E-state index is -0.994. The summed E-state index contributed by atoms with van der Waals surface area (Å²) in [7, 11) is 0. The Morgan fingerprint density at radius 2 is 1.85 bits per heavy atom. The Morgan fingerprint density at radius 3 is 2.38 bits per heavy atom. The predicted octanol–water partition coefficient (Wildman–Crippen LogP) is 2.41. The zero-order valence-electron chi connectivity index (χ0n) is 7.04. The first-order valence-corrected chi connectivity index (χ1v) is 4.59. The fourth-order valence-electron chi connectivity index (χ4n) is 1.00. The van der Waals surface area contributed by atoms with E-state index in [0.29, 0.717) is 15.6 Å². The molecule has 2 nitrogen and oxygen atoms in total. The molecule has 0 radical (unpaired) electrons. The quantitative estimate of drug-likeness (QED) is 0.804. The molecule has 0 aliphatic carbocycles. The van der Waals surface area contributed by atoms with Crippen LogP contribution in [0.1, 0.15) is 18.6 Å². The Bertz CT molecular complexity index is 300. The average Bonchev–Trinajstić information content (AvgIpc) is 2.08. The van der Waals surface area contributed by atoms with Crippen LogP contribution in [0.25, 0.3) is 0 Å². The first-order valence-electron chi connectivity index (χ1n) is 3.83. The normalized spacial score (nSPS) is 15.5. The number of aliphatic hydroxyl groups is 2. The first kappa shape index (κ1) is 10.8. The van der Waals surface area contributed by atoms with Crippen molar-refractivity contribution in [2.24, 2.45) is 0 Å². The molecule has 0 fully saturated rings. The molecular formula is C9H10Cl2O2. The number of hydrogen-bond acceptors (Lipinski definition) is 2. The summed E-state index contributed by atoms with van der Waals surface area (Å²) in [5, 5.41) is 19.5. The number of benzene rings is 1. The molecule has 0 aliphatic rings. The van der Waals surface area contributed by atoms with Gasteiger partial charge in [0.2, 0.25) is 0 Å². The number of hydrogen-bond donors (Lipinski definition) is 2. The Kier molecular flexibility index (Phi) is 3.56. The van der Waals surface area contributed by atoms with Gasteiger partial charge in [-0.3, -0.25) is 0 Å². The highest BCUT2D eigenvalue weighted by Crippen LogP contribution is 2.27. The van der Waals surface area contributed by atoms with E-state index >= 15 is 0 Å². The minimum absolute atomic E-state index is 0.401. The highest BCUT2D eigenvalue weighted by atomic mass is 35.5. The van der Waals surface area contributed by atoms with E-state index in [0.717, 1.165) is 0 Å². The first-order chi connectivity index (χ1) is 6.02. The van der Waals surface area contributed by atoms with Gasteiger partial charge in [-0.2, -0.15) is 0 Å². The third-order valence-electron chi connectivity index (χ3n) is 1.73. The van der Waals surface area contributed by atoms with Gasteiger partial charge in [0.25, 0.3) is 0 Å². The van der Waals surface area contributed by atoms with E-state index in [-0.39, 0.29) is 0 Å². The third kappa shape index (κ3) is 2.58. The minimum Gasteiger partial charge on any atom is -0.390 e. The molecule has 0 saturated heterocycles. The van der Waals surface area contributed by atoms with Gasteiger partial charge >= 0.3 is 0 Å². The van der Waals surface area contributed by atoms with Gasteiger partial charge in [-0.05, 0) is 25.1 Å². The second-order valence-electron chi connectivity index (χ2n) is 2.85. The van der Waals surface area contributed by atoms with E-state index in [4.69, 9.17) is 28.3 Å². The molecule has 1 aromatic rings. The van der Waals surface area contributed by atoms with Crippen LogP contribution in [-0.2, 0) is 0 Å². The summed E-state index contributed by atoms with van der Waals surface area (Å²) in [6.45, 7) is 1.49. The summed E-state index contributed by atoms with van der Waals surface area (Å²) in [5.74, 6) is 0. The number of halogens is 2. The Hall–Kier alpha value is -0.280. The van der Waals surface area contributed by atoms with Crippen molar-refractivity contribution in [3.8, 4) is 0 Å². The van der Waals surface area contributed by atoms with Crippen molar-refractivity contribution in [1.29, 1.82) is 0 Å². The standard InChI is InChI=1S/C9H10Cl2O2/c1-5(12)9(13)7-4-6(10)2-3-8(7)11/h2-5,9,12-13H,1H3/t5?,9-/m0/s1. The van der Waals surface area contributed by atoms with Crippen molar-refractivity contribution in [3.63, 3.8) is 0 Å². The molecular weight excluding hydrogens is 211 g/mol. The maximum atomic E-state index is 9.51. The average molecular weight is 221 g/mol. The lowest BCUT2D eigenvalue weighted by Crippen LogP contribution is -2.14. The van der Waals surface area contributed by atoms with E-state index in [2.05, 4.69) is 0 Å². The molecule has 0 bridgehead atoms. The zero-order valence-corrected chi connectivity index (χ0v) is 8.55.